The smallest absolute Gasteiger partial charge is 0.257 e. The van der Waals surface area contributed by atoms with E-state index in [0.717, 1.165) is 65.4 Å². The molecule has 0 saturated carbocycles. The zero-order valence-electron chi connectivity index (χ0n) is 39.0. The molecule has 3 N–H and O–H groups in total. The molecule has 2 atom stereocenters. The molecule has 4 aromatic heterocycles. The number of halogens is 3. The molecular formula is C51H56F3N11O4. The SMILES string of the molecule is CNc1ccn(-c2ccnc3c2cc([C@H](C)N2CCC(c4c(F)cc(C(=O)N5CCn6nc(CN7CCC(c8ccc(NC9CCC(=O)NC9=O)cc8F)CC7)cc6C5)cc4F)CC2)n3C)c(=O)c1. The molecule has 10 rings (SSSR count). The summed E-state index contributed by atoms with van der Waals surface area (Å²) < 4.78 is 52.8. The molecule has 6 aromatic rings. The second-order valence-electron chi connectivity index (χ2n) is 18.9. The Morgan fingerprint density at radius 2 is 1.59 bits per heavy atom. The summed E-state index contributed by atoms with van der Waals surface area (Å²) in [6.07, 6.45) is 6.67. The molecule has 2 aromatic carbocycles. The van der Waals surface area contributed by atoms with Crippen LogP contribution >= 0.6 is 0 Å². The third-order valence-electron chi connectivity index (χ3n) is 14.8. The van der Waals surface area contributed by atoms with Crippen LogP contribution in [-0.2, 0) is 36.3 Å². The molecule has 3 amide bonds. The van der Waals surface area contributed by atoms with Gasteiger partial charge >= 0.3 is 0 Å². The molecule has 360 valence electrons. The highest BCUT2D eigenvalue weighted by Crippen LogP contribution is 2.38. The quantitative estimate of drug-likeness (QED) is 0.122. The minimum atomic E-state index is -0.704. The first-order valence-corrected chi connectivity index (χ1v) is 23.9. The summed E-state index contributed by atoms with van der Waals surface area (Å²) in [5, 5.41) is 14.0. The van der Waals surface area contributed by atoms with Crippen LogP contribution in [0, 0.1) is 17.5 Å². The highest BCUT2D eigenvalue weighted by molar-refractivity contribution is 6.01. The van der Waals surface area contributed by atoms with Gasteiger partial charge < -0.3 is 20.1 Å². The summed E-state index contributed by atoms with van der Waals surface area (Å²) >= 11 is 0. The van der Waals surface area contributed by atoms with Crippen molar-refractivity contribution < 1.29 is 27.6 Å². The lowest BCUT2D eigenvalue weighted by Gasteiger charge is -2.36. The van der Waals surface area contributed by atoms with Gasteiger partial charge in [0, 0.05) is 91.7 Å². The van der Waals surface area contributed by atoms with Crippen LogP contribution in [0.2, 0.25) is 0 Å². The number of aryl methyl sites for hydroxylation is 1. The zero-order valence-corrected chi connectivity index (χ0v) is 39.0. The molecule has 0 radical (unpaired) electrons. The van der Waals surface area contributed by atoms with Crippen LogP contribution in [-0.4, -0.2) is 102 Å². The second kappa shape index (κ2) is 19.0. The van der Waals surface area contributed by atoms with Gasteiger partial charge in [0.05, 0.1) is 30.2 Å². The van der Waals surface area contributed by atoms with Crippen molar-refractivity contribution in [2.45, 2.75) is 89.0 Å². The molecule has 69 heavy (non-hydrogen) atoms. The molecule has 3 saturated heterocycles. The predicted octanol–water partition coefficient (Wildman–Crippen LogP) is 6.57. The molecule has 0 bridgehead atoms. The fourth-order valence-electron chi connectivity index (χ4n) is 10.9. The molecule has 18 heteroatoms. The normalized spacial score (nSPS) is 19.2. The lowest BCUT2D eigenvalue weighted by Crippen LogP contribution is -2.47. The van der Waals surface area contributed by atoms with Gasteiger partial charge in [-0.05, 0) is 131 Å². The number of aromatic nitrogens is 5. The number of fused-ring (bicyclic) bond motifs is 2. The second-order valence-corrected chi connectivity index (χ2v) is 18.9. The van der Waals surface area contributed by atoms with Crippen molar-refractivity contribution in [3.8, 4) is 5.69 Å². The van der Waals surface area contributed by atoms with Crippen molar-refractivity contribution >= 4 is 40.1 Å². The highest BCUT2D eigenvalue weighted by Gasteiger charge is 2.33. The number of pyridine rings is 2. The van der Waals surface area contributed by atoms with Gasteiger partial charge in [-0.25, -0.2) is 18.2 Å². The topological polar surface area (TPSA) is 155 Å². The Bertz CT molecular complexity index is 3000. The molecule has 3 fully saturated rings. The van der Waals surface area contributed by atoms with Gasteiger partial charge in [0.15, 0.2) is 0 Å². The minimum absolute atomic E-state index is 0.0171. The first kappa shape index (κ1) is 46.0. The number of likely N-dealkylation sites (tertiary alicyclic amines) is 2. The van der Waals surface area contributed by atoms with Gasteiger partial charge in [0.1, 0.15) is 29.1 Å². The van der Waals surface area contributed by atoms with E-state index >= 15 is 13.2 Å². The first-order chi connectivity index (χ1) is 33.3. The summed E-state index contributed by atoms with van der Waals surface area (Å²) in [6, 6.07) is 16.0. The lowest BCUT2D eigenvalue weighted by atomic mass is 9.87. The van der Waals surface area contributed by atoms with Crippen LogP contribution in [0.15, 0.2) is 77.9 Å². The standard InChI is InChI=1S/C51H56F3N11O4/c1-30(45-27-39-44(8-14-56-49(39)60(45)3)64-19-13-34(55-2)26-47(64)67)62-17-11-32(12-18-62)48-41(53)22-33(23-42(48)54)51(69)63-20-21-65-37(29-63)24-36(59-65)28-61-15-9-31(10-16-61)38-5-4-35(25-40(38)52)57-43-6-7-46(66)58-50(43)68/h4-5,8,13-14,19,22-27,30-32,43,55,57H,6-7,9-12,15-18,20-21,28-29H2,1-3H3,(H,58,66,68)/t30-,43?/m0/s1. The van der Waals surface area contributed by atoms with Crippen molar-refractivity contribution in [3.05, 3.63) is 135 Å². The van der Waals surface area contributed by atoms with Crippen molar-refractivity contribution in [2.75, 3.05) is 50.4 Å². The van der Waals surface area contributed by atoms with Gasteiger partial charge in [0.25, 0.3) is 11.5 Å². The van der Waals surface area contributed by atoms with Crippen LogP contribution in [0.4, 0.5) is 24.5 Å². The highest BCUT2D eigenvalue weighted by atomic mass is 19.1. The molecule has 8 heterocycles. The molecule has 0 aliphatic carbocycles. The third kappa shape index (κ3) is 9.14. The summed E-state index contributed by atoms with van der Waals surface area (Å²) in [5.74, 6) is -3.16. The van der Waals surface area contributed by atoms with Gasteiger partial charge in [-0.2, -0.15) is 5.10 Å². The number of anilines is 2. The maximum absolute atomic E-state index is 16.0. The fourth-order valence-corrected chi connectivity index (χ4v) is 10.9. The molecule has 4 aliphatic heterocycles. The summed E-state index contributed by atoms with van der Waals surface area (Å²) in [6.45, 7) is 6.52. The number of piperidine rings is 3. The van der Waals surface area contributed by atoms with Crippen LogP contribution in [0.5, 0.6) is 0 Å². The van der Waals surface area contributed by atoms with Crippen LogP contribution in [0.3, 0.4) is 0 Å². The van der Waals surface area contributed by atoms with E-state index in [4.69, 9.17) is 5.10 Å². The number of nitrogens with zero attached hydrogens (tertiary/aromatic N) is 8. The monoisotopic (exact) mass is 943 g/mol. The lowest BCUT2D eigenvalue weighted by molar-refractivity contribution is -0.133. The Hall–Kier alpha value is -6.79. The summed E-state index contributed by atoms with van der Waals surface area (Å²) in [4.78, 5) is 61.3. The average Bonchev–Trinajstić information content (AvgIpc) is 3.91. The van der Waals surface area contributed by atoms with E-state index < -0.39 is 29.5 Å². The van der Waals surface area contributed by atoms with Crippen molar-refractivity contribution in [2.24, 2.45) is 7.05 Å². The molecule has 0 spiro atoms. The Labute approximate surface area is 397 Å². The van der Waals surface area contributed by atoms with E-state index in [1.165, 1.54) is 18.2 Å². The van der Waals surface area contributed by atoms with E-state index in [9.17, 15) is 19.2 Å². The van der Waals surface area contributed by atoms with E-state index in [1.54, 1.807) is 47.1 Å². The summed E-state index contributed by atoms with van der Waals surface area (Å²) in [7, 11) is 3.73. The van der Waals surface area contributed by atoms with Crippen LogP contribution in [0.25, 0.3) is 16.7 Å². The number of amides is 3. The van der Waals surface area contributed by atoms with Crippen LogP contribution < -0.4 is 21.5 Å². The molecule has 1 unspecified atom stereocenters. The third-order valence-corrected chi connectivity index (χ3v) is 14.8. The first-order valence-electron chi connectivity index (χ1n) is 23.9. The molecule has 15 nitrogen and oxygen atoms in total. The number of carbonyl (C=O) groups excluding carboxylic acids is 3. The predicted molar refractivity (Wildman–Crippen MR) is 255 cm³/mol. The Kier molecular flexibility index (Phi) is 12.6. The van der Waals surface area contributed by atoms with E-state index in [1.807, 2.05) is 34.5 Å². The Morgan fingerprint density at radius 1 is 0.841 bits per heavy atom. The van der Waals surface area contributed by atoms with E-state index in [-0.39, 0.29) is 59.3 Å². The zero-order chi connectivity index (χ0) is 48.1. The fraction of sp³-hybridized carbons (Fsp3) is 0.412. The average molecular weight is 944 g/mol. The van der Waals surface area contributed by atoms with Crippen molar-refractivity contribution in [1.82, 2.24) is 43.9 Å². The van der Waals surface area contributed by atoms with Gasteiger partial charge in [0.2, 0.25) is 11.8 Å². The number of benzene rings is 2. The number of carbonyl (C=O) groups is 3. The number of hydrogen-bond acceptors (Lipinski definition) is 10. The number of imide groups is 1. The number of nitrogens with one attached hydrogen (secondary N) is 3. The molecule has 4 aliphatic rings. The largest absolute Gasteiger partial charge is 0.388 e. The van der Waals surface area contributed by atoms with Gasteiger partial charge in [-0.3, -0.25) is 43.5 Å². The van der Waals surface area contributed by atoms with Crippen molar-refractivity contribution in [3.63, 3.8) is 0 Å². The van der Waals surface area contributed by atoms with E-state index in [2.05, 4.69) is 43.7 Å². The number of hydrogen-bond donors (Lipinski definition) is 3. The van der Waals surface area contributed by atoms with E-state index in [0.29, 0.717) is 63.2 Å². The van der Waals surface area contributed by atoms with Gasteiger partial charge in [-0.15, -0.1) is 0 Å². The van der Waals surface area contributed by atoms with Crippen LogP contribution in [0.1, 0.15) is 102 Å². The maximum Gasteiger partial charge on any atom is 0.257 e. The Balaban J connectivity index is 0.727. The molecular weight excluding hydrogens is 888 g/mol. The Morgan fingerprint density at radius 3 is 2.30 bits per heavy atom. The number of rotatable bonds is 11. The van der Waals surface area contributed by atoms with Crippen molar-refractivity contribution in [1.29, 1.82) is 0 Å². The minimum Gasteiger partial charge on any atom is -0.388 e. The van der Waals surface area contributed by atoms with Gasteiger partial charge in [-0.1, -0.05) is 6.07 Å². The summed E-state index contributed by atoms with van der Waals surface area (Å²) in [5.41, 5.74) is 5.94. The maximum atomic E-state index is 16.0.